The highest BCUT2D eigenvalue weighted by atomic mass is 16.3. The summed E-state index contributed by atoms with van der Waals surface area (Å²) in [5.74, 6) is 2.13. The minimum atomic E-state index is -0.0179. The van der Waals surface area contributed by atoms with Crippen molar-refractivity contribution in [2.24, 2.45) is 11.3 Å². The van der Waals surface area contributed by atoms with E-state index in [-0.39, 0.29) is 30.0 Å². The Bertz CT molecular complexity index is 579. The molecule has 5 heteroatoms. The third kappa shape index (κ3) is 3.55. The number of hydrogen-bond donors (Lipinski definition) is 2. The zero-order valence-electron chi connectivity index (χ0n) is 14.4. The van der Waals surface area contributed by atoms with E-state index in [4.69, 9.17) is 4.42 Å². The SMILES string of the molecule is Cc1cc2c(o1)CC(C)(C)CC2NC(=O)N1CCCC(CO)C1. The highest BCUT2D eigenvalue weighted by Crippen LogP contribution is 2.42. The van der Waals surface area contributed by atoms with Gasteiger partial charge in [0.2, 0.25) is 0 Å². The molecule has 1 fully saturated rings. The Morgan fingerprint density at radius 2 is 2.30 bits per heavy atom. The molecule has 5 nitrogen and oxygen atoms in total. The van der Waals surface area contributed by atoms with Gasteiger partial charge in [0.05, 0.1) is 6.04 Å². The lowest BCUT2D eigenvalue weighted by molar-refractivity contribution is 0.125. The number of furan rings is 1. The maximum atomic E-state index is 12.7. The molecule has 2 amide bonds. The van der Waals surface area contributed by atoms with Crippen LogP contribution in [-0.2, 0) is 6.42 Å². The average Bonchev–Trinajstić information content (AvgIpc) is 2.86. The van der Waals surface area contributed by atoms with Crippen LogP contribution in [0.15, 0.2) is 10.5 Å². The van der Waals surface area contributed by atoms with Gasteiger partial charge in [-0.3, -0.25) is 0 Å². The molecule has 1 aliphatic heterocycles. The second-order valence-corrected chi connectivity index (χ2v) is 7.92. The number of likely N-dealkylation sites (tertiary alicyclic amines) is 1. The second kappa shape index (κ2) is 6.19. The molecular weight excluding hydrogens is 292 g/mol. The van der Waals surface area contributed by atoms with Gasteiger partial charge in [0, 0.05) is 31.7 Å². The maximum Gasteiger partial charge on any atom is 0.317 e. The van der Waals surface area contributed by atoms with Gasteiger partial charge in [-0.2, -0.15) is 0 Å². The number of aliphatic hydroxyl groups is 1. The third-order valence-electron chi connectivity index (χ3n) is 5.10. The summed E-state index contributed by atoms with van der Waals surface area (Å²) in [5, 5.41) is 12.5. The van der Waals surface area contributed by atoms with Crippen LogP contribution in [0.4, 0.5) is 4.79 Å². The molecule has 1 saturated heterocycles. The molecule has 23 heavy (non-hydrogen) atoms. The Morgan fingerprint density at radius 1 is 1.52 bits per heavy atom. The number of carbonyl (C=O) groups is 1. The fourth-order valence-corrected chi connectivity index (χ4v) is 3.95. The fraction of sp³-hybridized carbons (Fsp3) is 0.722. The molecule has 2 atom stereocenters. The van der Waals surface area contributed by atoms with Crippen LogP contribution < -0.4 is 5.32 Å². The van der Waals surface area contributed by atoms with Gasteiger partial charge in [0.25, 0.3) is 0 Å². The number of carbonyl (C=O) groups excluding carboxylic acids is 1. The van der Waals surface area contributed by atoms with Crippen molar-refractivity contribution in [2.75, 3.05) is 19.7 Å². The molecule has 1 aromatic rings. The number of aryl methyl sites for hydroxylation is 1. The number of aliphatic hydroxyl groups excluding tert-OH is 1. The van der Waals surface area contributed by atoms with Gasteiger partial charge in [0.15, 0.2) is 0 Å². The molecule has 3 rings (SSSR count). The number of hydrogen-bond acceptors (Lipinski definition) is 3. The molecule has 0 spiro atoms. The first-order chi connectivity index (χ1) is 10.9. The molecular formula is C18H28N2O3. The highest BCUT2D eigenvalue weighted by molar-refractivity contribution is 5.75. The summed E-state index contributed by atoms with van der Waals surface area (Å²) >= 11 is 0. The molecule has 128 valence electrons. The first-order valence-electron chi connectivity index (χ1n) is 8.63. The molecule has 2 heterocycles. The largest absolute Gasteiger partial charge is 0.466 e. The number of fused-ring (bicyclic) bond motifs is 1. The van der Waals surface area contributed by atoms with Crippen molar-refractivity contribution in [1.82, 2.24) is 10.2 Å². The van der Waals surface area contributed by atoms with E-state index in [1.165, 1.54) is 0 Å². The van der Waals surface area contributed by atoms with Crippen LogP contribution in [0.5, 0.6) is 0 Å². The number of amides is 2. The van der Waals surface area contributed by atoms with Crippen molar-refractivity contribution in [2.45, 2.75) is 52.5 Å². The third-order valence-corrected chi connectivity index (χ3v) is 5.10. The van der Waals surface area contributed by atoms with Crippen LogP contribution in [0.25, 0.3) is 0 Å². The molecule has 2 aliphatic rings. The normalized spacial score (nSPS) is 26.7. The van der Waals surface area contributed by atoms with Gasteiger partial charge in [-0.05, 0) is 43.6 Å². The predicted molar refractivity (Wildman–Crippen MR) is 88.2 cm³/mol. The van der Waals surface area contributed by atoms with E-state index in [0.717, 1.165) is 49.3 Å². The quantitative estimate of drug-likeness (QED) is 0.880. The standard InChI is InChI=1S/C18H28N2O3/c1-12-7-14-15(8-18(2,3)9-16(14)23-12)19-17(22)20-6-4-5-13(10-20)11-21/h7,13,15,21H,4-6,8-11H2,1-3H3,(H,19,22). The van der Waals surface area contributed by atoms with Crippen molar-refractivity contribution in [3.63, 3.8) is 0 Å². The van der Waals surface area contributed by atoms with Gasteiger partial charge < -0.3 is 19.7 Å². The number of nitrogens with zero attached hydrogens (tertiary/aromatic N) is 1. The smallest absolute Gasteiger partial charge is 0.317 e. The Morgan fingerprint density at radius 3 is 3.04 bits per heavy atom. The molecule has 0 saturated carbocycles. The summed E-state index contributed by atoms with van der Waals surface area (Å²) < 4.78 is 5.84. The van der Waals surface area contributed by atoms with Crippen LogP contribution in [-0.4, -0.2) is 35.7 Å². The van der Waals surface area contributed by atoms with E-state index in [2.05, 4.69) is 25.2 Å². The van der Waals surface area contributed by atoms with Gasteiger partial charge >= 0.3 is 6.03 Å². The van der Waals surface area contributed by atoms with E-state index in [0.29, 0.717) is 6.54 Å². The second-order valence-electron chi connectivity index (χ2n) is 7.92. The molecule has 0 aromatic carbocycles. The summed E-state index contributed by atoms with van der Waals surface area (Å²) in [6.45, 7) is 7.97. The molecule has 0 bridgehead atoms. The summed E-state index contributed by atoms with van der Waals surface area (Å²) in [6.07, 6.45) is 3.80. The number of urea groups is 1. The van der Waals surface area contributed by atoms with Crippen LogP contribution in [0, 0.1) is 18.3 Å². The van der Waals surface area contributed by atoms with Crippen molar-refractivity contribution < 1.29 is 14.3 Å². The van der Waals surface area contributed by atoms with E-state index in [1.807, 2.05) is 11.8 Å². The Hall–Kier alpha value is -1.49. The maximum absolute atomic E-state index is 12.7. The van der Waals surface area contributed by atoms with Gasteiger partial charge in [-0.15, -0.1) is 0 Å². The lowest BCUT2D eigenvalue weighted by Crippen LogP contribution is -2.48. The Balaban J connectivity index is 1.72. The van der Waals surface area contributed by atoms with Crippen LogP contribution in [0.3, 0.4) is 0 Å². The highest BCUT2D eigenvalue weighted by Gasteiger charge is 2.36. The molecule has 2 N–H and O–H groups in total. The number of rotatable bonds is 2. The zero-order chi connectivity index (χ0) is 16.6. The molecule has 0 radical (unpaired) electrons. The first kappa shape index (κ1) is 16.4. The van der Waals surface area contributed by atoms with Crippen molar-refractivity contribution in [3.8, 4) is 0 Å². The van der Waals surface area contributed by atoms with Crippen molar-refractivity contribution in [1.29, 1.82) is 0 Å². The molecule has 1 aromatic heterocycles. The van der Waals surface area contributed by atoms with Crippen LogP contribution in [0.1, 0.15) is 56.2 Å². The number of piperidine rings is 1. The minimum Gasteiger partial charge on any atom is -0.466 e. The van der Waals surface area contributed by atoms with E-state index in [1.54, 1.807) is 0 Å². The van der Waals surface area contributed by atoms with Gasteiger partial charge in [-0.25, -0.2) is 4.79 Å². The summed E-state index contributed by atoms with van der Waals surface area (Å²) in [5.41, 5.74) is 1.25. The Kier molecular flexibility index (Phi) is 4.41. The molecule has 2 unspecified atom stereocenters. The number of nitrogens with one attached hydrogen (secondary N) is 1. The average molecular weight is 320 g/mol. The lowest BCUT2D eigenvalue weighted by atomic mass is 9.75. The van der Waals surface area contributed by atoms with Crippen molar-refractivity contribution >= 4 is 6.03 Å². The topological polar surface area (TPSA) is 65.7 Å². The summed E-state index contributed by atoms with van der Waals surface area (Å²) in [7, 11) is 0. The van der Waals surface area contributed by atoms with Crippen LogP contribution in [0.2, 0.25) is 0 Å². The monoisotopic (exact) mass is 320 g/mol. The van der Waals surface area contributed by atoms with Crippen molar-refractivity contribution in [3.05, 3.63) is 23.2 Å². The first-order valence-corrected chi connectivity index (χ1v) is 8.63. The van der Waals surface area contributed by atoms with Crippen LogP contribution >= 0.6 is 0 Å². The predicted octanol–water partition coefficient (Wildman–Crippen LogP) is 3.02. The Labute approximate surface area is 138 Å². The van der Waals surface area contributed by atoms with Gasteiger partial charge in [0.1, 0.15) is 11.5 Å². The molecule has 1 aliphatic carbocycles. The lowest BCUT2D eigenvalue weighted by Gasteiger charge is -2.37. The summed E-state index contributed by atoms with van der Waals surface area (Å²) in [4.78, 5) is 14.5. The van der Waals surface area contributed by atoms with E-state index in [9.17, 15) is 9.90 Å². The van der Waals surface area contributed by atoms with E-state index >= 15 is 0 Å². The fourth-order valence-electron chi connectivity index (χ4n) is 3.95. The summed E-state index contributed by atoms with van der Waals surface area (Å²) in [6, 6.07) is 2.05. The van der Waals surface area contributed by atoms with E-state index < -0.39 is 0 Å². The van der Waals surface area contributed by atoms with Gasteiger partial charge in [-0.1, -0.05) is 13.8 Å². The zero-order valence-corrected chi connectivity index (χ0v) is 14.4. The minimum absolute atomic E-state index is 0.00760.